The molecule has 0 spiro atoms. The van der Waals surface area contributed by atoms with Crippen molar-refractivity contribution < 1.29 is 0 Å². The average Bonchev–Trinajstić information content (AvgIpc) is 2.70. The van der Waals surface area contributed by atoms with Gasteiger partial charge in [0.25, 0.3) is 0 Å². The monoisotopic (exact) mass is 325 g/mol. The first-order chi connectivity index (χ1) is 8.58. The van der Waals surface area contributed by atoms with E-state index in [0.29, 0.717) is 5.92 Å². The third kappa shape index (κ3) is 3.14. The van der Waals surface area contributed by atoms with E-state index in [1.54, 1.807) is 11.8 Å². The van der Waals surface area contributed by atoms with Crippen LogP contribution in [0, 0.1) is 0 Å². The van der Waals surface area contributed by atoms with Crippen LogP contribution in [-0.2, 0) is 12.8 Å². The minimum atomic E-state index is 0.407. The summed E-state index contributed by atoms with van der Waals surface area (Å²) >= 11 is 5.16. The lowest BCUT2D eigenvalue weighted by atomic mass is 10.2. The summed E-state index contributed by atoms with van der Waals surface area (Å²) < 4.78 is 3.19. The maximum absolute atomic E-state index is 4.24. The molecule has 0 atom stereocenters. The van der Waals surface area contributed by atoms with Gasteiger partial charge in [0.15, 0.2) is 5.16 Å². The molecule has 2 aromatic rings. The Morgan fingerprint density at radius 3 is 2.44 bits per heavy atom. The maximum atomic E-state index is 4.24. The molecule has 18 heavy (non-hydrogen) atoms. The van der Waals surface area contributed by atoms with Gasteiger partial charge in [0.05, 0.1) is 0 Å². The first-order valence-electron chi connectivity index (χ1n) is 5.84. The van der Waals surface area contributed by atoms with E-state index in [1.807, 2.05) is 7.05 Å². The van der Waals surface area contributed by atoms with Crippen molar-refractivity contribution in [2.24, 2.45) is 7.05 Å². The fourth-order valence-corrected chi connectivity index (χ4v) is 2.82. The molecule has 0 amide bonds. The Bertz CT molecular complexity index is 520. The highest BCUT2D eigenvalue weighted by Gasteiger charge is 2.11. The molecule has 0 bridgehead atoms. The van der Waals surface area contributed by atoms with Crippen LogP contribution in [0.5, 0.6) is 0 Å². The van der Waals surface area contributed by atoms with Crippen molar-refractivity contribution in [1.29, 1.82) is 0 Å². The third-order valence-corrected chi connectivity index (χ3v) is 4.29. The van der Waals surface area contributed by atoms with Gasteiger partial charge in [-0.15, -0.1) is 10.2 Å². The molecule has 1 aromatic heterocycles. The molecule has 0 aliphatic carbocycles. The van der Waals surface area contributed by atoms with E-state index in [0.717, 1.165) is 21.2 Å². The van der Waals surface area contributed by atoms with Crippen molar-refractivity contribution in [2.75, 3.05) is 0 Å². The van der Waals surface area contributed by atoms with E-state index in [1.165, 1.54) is 5.56 Å². The zero-order valence-electron chi connectivity index (χ0n) is 10.7. The predicted octanol–water partition coefficient (Wildman–Crippen LogP) is 3.99. The summed E-state index contributed by atoms with van der Waals surface area (Å²) in [5.41, 5.74) is 1.29. The minimum absolute atomic E-state index is 0.407. The molecule has 1 aromatic carbocycles. The van der Waals surface area contributed by atoms with E-state index >= 15 is 0 Å². The normalized spacial score (nSPS) is 11.2. The van der Waals surface area contributed by atoms with Gasteiger partial charge < -0.3 is 4.57 Å². The fourth-order valence-electron chi connectivity index (χ4n) is 1.68. The van der Waals surface area contributed by atoms with E-state index < -0.39 is 0 Å². The van der Waals surface area contributed by atoms with Crippen molar-refractivity contribution in [2.45, 2.75) is 30.7 Å². The molecule has 0 radical (unpaired) electrons. The second-order valence-corrected chi connectivity index (χ2v) is 6.33. The molecule has 1 heterocycles. The molecular weight excluding hydrogens is 310 g/mol. The summed E-state index contributed by atoms with van der Waals surface area (Å²) in [6.07, 6.45) is 0. The molecule has 0 aliphatic heterocycles. The summed E-state index contributed by atoms with van der Waals surface area (Å²) in [6, 6.07) is 8.37. The second-order valence-electron chi connectivity index (χ2n) is 4.47. The number of nitrogens with zero attached hydrogens (tertiary/aromatic N) is 3. The van der Waals surface area contributed by atoms with Crippen molar-refractivity contribution >= 4 is 27.7 Å². The van der Waals surface area contributed by atoms with Gasteiger partial charge in [-0.1, -0.05) is 53.7 Å². The highest BCUT2D eigenvalue weighted by atomic mass is 79.9. The first-order valence-corrected chi connectivity index (χ1v) is 7.62. The smallest absolute Gasteiger partial charge is 0.191 e. The summed E-state index contributed by atoms with van der Waals surface area (Å²) in [4.78, 5) is 0. The molecule has 5 heteroatoms. The van der Waals surface area contributed by atoms with Gasteiger partial charge in [-0.05, 0) is 17.7 Å². The molecule has 0 saturated heterocycles. The van der Waals surface area contributed by atoms with Gasteiger partial charge in [-0.2, -0.15) is 0 Å². The zero-order valence-corrected chi connectivity index (χ0v) is 13.1. The average molecular weight is 326 g/mol. The van der Waals surface area contributed by atoms with Gasteiger partial charge in [0, 0.05) is 23.2 Å². The Hall–Kier alpha value is -0.810. The first kappa shape index (κ1) is 13.6. The second kappa shape index (κ2) is 5.89. The van der Waals surface area contributed by atoms with E-state index in [-0.39, 0.29) is 0 Å². The van der Waals surface area contributed by atoms with Crippen molar-refractivity contribution in [3.8, 4) is 0 Å². The van der Waals surface area contributed by atoms with Crippen molar-refractivity contribution in [3.05, 3.63) is 40.1 Å². The minimum Gasteiger partial charge on any atom is -0.309 e. The van der Waals surface area contributed by atoms with Crippen molar-refractivity contribution in [3.63, 3.8) is 0 Å². The number of hydrogen-bond donors (Lipinski definition) is 0. The third-order valence-electron chi connectivity index (χ3n) is 2.67. The SMILES string of the molecule is CC(C)c1nnc(SCc2ccc(Br)cc2)n1C. The number of benzene rings is 1. The Labute approximate surface area is 120 Å². The number of halogens is 1. The molecule has 2 rings (SSSR count). The summed E-state index contributed by atoms with van der Waals surface area (Å²) in [5.74, 6) is 2.36. The maximum Gasteiger partial charge on any atom is 0.191 e. The van der Waals surface area contributed by atoms with Gasteiger partial charge in [-0.3, -0.25) is 0 Å². The summed E-state index contributed by atoms with van der Waals surface area (Å²) in [5, 5.41) is 9.44. The number of hydrogen-bond acceptors (Lipinski definition) is 3. The highest BCUT2D eigenvalue weighted by molar-refractivity contribution is 9.10. The number of rotatable bonds is 4. The van der Waals surface area contributed by atoms with Crippen molar-refractivity contribution in [1.82, 2.24) is 14.8 Å². The fraction of sp³-hybridized carbons (Fsp3) is 0.385. The topological polar surface area (TPSA) is 30.7 Å². The van der Waals surface area contributed by atoms with Crippen LogP contribution in [0.3, 0.4) is 0 Å². The van der Waals surface area contributed by atoms with Gasteiger partial charge in [-0.25, -0.2) is 0 Å². The largest absolute Gasteiger partial charge is 0.309 e. The lowest BCUT2D eigenvalue weighted by molar-refractivity contribution is 0.680. The van der Waals surface area contributed by atoms with E-state index in [9.17, 15) is 0 Å². The van der Waals surface area contributed by atoms with Gasteiger partial charge >= 0.3 is 0 Å². The lowest BCUT2D eigenvalue weighted by Gasteiger charge is -2.05. The number of aromatic nitrogens is 3. The molecule has 0 saturated carbocycles. The Morgan fingerprint density at radius 1 is 1.22 bits per heavy atom. The Balaban J connectivity index is 2.04. The molecule has 96 valence electrons. The van der Waals surface area contributed by atoms with Crippen LogP contribution in [0.1, 0.15) is 31.2 Å². The molecule has 0 aliphatic rings. The Morgan fingerprint density at radius 2 is 1.89 bits per heavy atom. The molecule has 0 fully saturated rings. The van der Waals surface area contributed by atoms with Crippen LogP contribution in [0.25, 0.3) is 0 Å². The Kier molecular flexibility index (Phi) is 4.45. The van der Waals surface area contributed by atoms with E-state index in [4.69, 9.17) is 0 Å². The van der Waals surface area contributed by atoms with Crippen LogP contribution in [0.2, 0.25) is 0 Å². The molecule has 3 nitrogen and oxygen atoms in total. The zero-order chi connectivity index (χ0) is 13.1. The highest BCUT2D eigenvalue weighted by Crippen LogP contribution is 2.24. The summed E-state index contributed by atoms with van der Waals surface area (Å²) in [7, 11) is 2.03. The number of thioether (sulfide) groups is 1. The van der Waals surface area contributed by atoms with Gasteiger partial charge in [0.1, 0.15) is 5.82 Å². The van der Waals surface area contributed by atoms with Crippen LogP contribution in [0.4, 0.5) is 0 Å². The molecular formula is C13H16BrN3S. The predicted molar refractivity (Wildman–Crippen MR) is 78.8 cm³/mol. The van der Waals surface area contributed by atoms with Crippen LogP contribution >= 0.6 is 27.7 Å². The van der Waals surface area contributed by atoms with Crippen LogP contribution in [0.15, 0.2) is 33.9 Å². The van der Waals surface area contributed by atoms with Crippen LogP contribution < -0.4 is 0 Å². The summed E-state index contributed by atoms with van der Waals surface area (Å²) in [6.45, 7) is 4.26. The quantitative estimate of drug-likeness (QED) is 0.796. The standard InChI is InChI=1S/C13H16BrN3S/c1-9(2)12-15-16-13(17(12)3)18-8-10-4-6-11(14)7-5-10/h4-7,9H,8H2,1-3H3. The lowest BCUT2D eigenvalue weighted by Crippen LogP contribution is -2.00. The molecule has 0 N–H and O–H groups in total. The van der Waals surface area contributed by atoms with Gasteiger partial charge in [0.2, 0.25) is 0 Å². The van der Waals surface area contributed by atoms with Crippen LogP contribution in [-0.4, -0.2) is 14.8 Å². The molecule has 0 unspecified atom stereocenters. The van der Waals surface area contributed by atoms with E-state index in [2.05, 4.69) is 68.8 Å².